The lowest BCUT2D eigenvalue weighted by atomic mass is 10.2. The number of esters is 1. The summed E-state index contributed by atoms with van der Waals surface area (Å²) in [6, 6.07) is 13.1. The van der Waals surface area contributed by atoms with Crippen LogP contribution in [0, 0.1) is 0 Å². The Morgan fingerprint density at radius 2 is 1.81 bits per heavy atom. The van der Waals surface area contributed by atoms with Gasteiger partial charge in [0, 0.05) is 0 Å². The predicted octanol–water partition coefficient (Wildman–Crippen LogP) is 3.82. The normalized spacial score (nSPS) is 10.0. The molecule has 0 N–H and O–H groups in total. The third kappa shape index (κ3) is 3.55. The first-order chi connectivity index (χ1) is 10.2. The molecule has 0 spiro atoms. The van der Waals surface area contributed by atoms with Gasteiger partial charge in [-0.25, -0.2) is 4.79 Å². The Morgan fingerprint density at radius 3 is 2.43 bits per heavy atom. The van der Waals surface area contributed by atoms with E-state index >= 15 is 0 Å². The average molecular weight is 351 g/mol. The molecule has 5 heteroatoms. The van der Waals surface area contributed by atoms with Gasteiger partial charge in [-0.3, -0.25) is 0 Å². The van der Waals surface area contributed by atoms with E-state index in [0.717, 1.165) is 5.56 Å². The number of benzene rings is 2. The van der Waals surface area contributed by atoms with Crippen LogP contribution in [0.25, 0.3) is 0 Å². The van der Waals surface area contributed by atoms with Crippen LogP contribution < -0.4 is 9.47 Å². The molecule has 4 nitrogen and oxygen atoms in total. The van der Waals surface area contributed by atoms with E-state index in [0.29, 0.717) is 28.1 Å². The summed E-state index contributed by atoms with van der Waals surface area (Å²) in [6.45, 7) is 0.375. The molecule has 0 atom stereocenters. The zero-order valence-corrected chi connectivity index (χ0v) is 13.3. The van der Waals surface area contributed by atoms with Crippen molar-refractivity contribution < 1.29 is 19.0 Å². The summed E-state index contributed by atoms with van der Waals surface area (Å²) in [4.78, 5) is 11.7. The molecule has 0 heterocycles. The highest BCUT2D eigenvalue weighted by Crippen LogP contribution is 2.38. The van der Waals surface area contributed by atoms with Crippen molar-refractivity contribution in [1.29, 1.82) is 0 Å². The fourth-order valence-electron chi connectivity index (χ4n) is 1.83. The zero-order chi connectivity index (χ0) is 15.2. The fourth-order valence-corrected chi connectivity index (χ4v) is 2.43. The van der Waals surface area contributed by atoms with Gasteiger partial charge in [0.05, 0.1) is 24.3 Å². The van der Waals surface area contributed by atoms with Crippen LogP contribution in [0.2, 0.25) is 0 Å². The molecule has 110 valence electrons. The summed E-state index contributed by atoms with van der Waals surface area (Å²) in [5.74, 6) is 0.587. The minimum Gasteiger partial charge on any atom is -0.493 e. The molecule has 0 aliphatic carbocycles. The summed E-state index contributed by atoms with van der Waals surface area (Å²) < 4.78 is 16.3. The smallest absolute Gasteiger partial charge is 0.339 e. The molecule has 0 unspecified atom stereocenters. The van der Waals surface area contributed by atoms with Crippen LogP contribution in [0.1, 0.15) is 15.9 Å². The van der Waals surface area contributed by atoms with E-state index < -0.39 is 5.97 Å². The molecular formula is C16H15BrO4. The van der Waals surface area contributed by atoms with Gasteiger partial charge in [0.1, 0.15) is 6.61 Å². The number of hydrogen-bond donors (Lipinski definition) is 0. The Kier molecular flexibility index (Phi) is 5.22. The zero-order valence-electron chi connectivity index (χ0n) is 11.8. The Hall–Kier alpha value is -2.01. The Labute approximate surface area is 131 Å². The number of carbonyl (C=O) groups is 1. The number of ether oxygens (including phenoxy) is 3. The van der Waals surface area contributed by atoms with Gasteiger partial charge in [0.2, 0.25) is 0 Å². The van der Waals surface area contributed by atoms with Gasteiger partial charge in [0.25, 0.3) is 0 Å². The highest BCUT2D eigenvalue weighted by atomic mass is 79.9. The largest absolute Gasteiger partial charge is 0.493 e. The maximum atomic E-state index is 11.7. The van der Waals surface area contributed by atoms with E-state index in [4.69, 9.17) is 14.2 Å². The fraction of sp³-hybridized carbons (Fsp3) is 0.188. The first kappa shape index (κ1) is 15.4. The Morgan fingerprint density at radius 1 is 1.10 bits per heavy atom. The summed E-state index contributed by atoms with van der Waals surface area (Å²) in [6.07, 6.45) is 0. The van der Waals surface area contributed by atoms with E-state index in [-0.39, 0.29) is 0 Å². The second kappa shape index (κ2) is 7.13. The van der Waals surface area contributed by atoms with Gasteiger partial charge in [-0.1, -0.05) is 30.3 Å². The standard InChI is InChI=1S/C16H15BrO4/c1-19-13-9-8-12(16(18)20-2)14(17)15(13)21-10-11-6-4-3-5-7-11/h3-9H,10H2,1-2H3. The third-order valence-electron chi connectivity index (χ3n) is 2.91. The first-order valence-electron chi connectivity index (χ1n) is 6.29. The van der Waals surface area contributed by atoms with Gasteiger partial charge in [-0.2, -0.15) is 0 Å². The second-order valence-corrected chi connectivity index (χ2v) is 5.02. The highest BCUT2D eigenvalue weighted by molar-refractivity contribution is 9.10. The molecular weight excluding hydrogens is 336 g/mol. The van der Waals surface area contributed by atoms with E-state index in [1.54, 1.807) is 19.2 Å². The predicted molar refractivity (Wildman–Crippen MR) is 82.8 cm³/mol. The lowest BCUT2D eigenvalue weighted by Gasteiger charge is -2.14. The van der Waals surface area contributed by atoms with Gasteiger partial charge in [-0.05, 0) is 33.6 Å². The lowest BCUT2D eigenvalue weighted by Crippen LogP contribution is -2.05. The average Bonchev–Trinajstić information content (AvgIpc) is 2.53. The summed E-state index contributed by atoms with van der Waals surface area (Å²) in [5, 5.41) is 0. The molecule has 0 aliphatic rings. The van der Waals surface area contributed by atoms with Crippen LogP contribution in [0.5, 0.6) is 11.5 Å². The van der Waals surface area contributed by atoms with Crippen molar-refractivity contribution in [1.82, 2.24) is 0 Å². The molecule has 0 saturated heterocycles. The maximum Gasteiger partial charge on any atom is 0.339 e. The van der Waals surface area contributed by atoms with Crippen LogP contribution in [0.4, 0.5) is 0 Å². The molecule has 0 fully saturated rings. The molecule has 0 saturated carbocycles. The van der Waals surface area contributed by atoms with Crippen LogP contribution in [0.15, 0.2) is 46.9 Å². The van der Waals surface area contributed by atoms with Crippen LogP contribution in [-0.4, -0.2) is 20.2 Å². The van der Waals surface area contributed by atoms with Gasteiger partial charge in [0.15, 0.2) is 11.5 Å². The monoisotopic (exact) mass is 350 g/mol. The molecule has 2 aromatic carbocycles. The number of rotatable bonds is 5. The number of halogens is 1. The molecule has 0 aromatic heterocycles. The molecule has 0 radical (unpaired) electrons. The van der Waals surface area contributed by atoms with Crippen molar-refractivity contribution in [2.24, 2.45) is 0 Å². The van der Waals surface area contributed by atoms with Crippen molar-refractivity contribution in [3.8, 4) is 11.5 Å². The second-order valence-electron chi connectivity index (χ2n) is 4.22. The number of carbonyl (C=O) groups excluding carboxylic acids is 1. The molecule has 2 aromatic rings. The van der Waals surface area contributed by atoms with Gasteiger partial charge in [-0.15, -0.1) is 0 Å². The summed E-state index contributed by atoms with van der Waals surface area (Å²) >= 11 is 3.38. The SMILES string of the molecule is COC(=O)c1ccc(OC)c(OCc2ccccc2)c1Br. The van der Waals surface area contributed by atoms with Crippen LogP contribution in [0.3, 0.4) is 0 Å². The first-order valence-corrected chi connectivity index (χ1v) is 7.08. The highest BCUT2D eigenvalue weighted by Gasteiger charge is 2.18. The summed E-state index contributed by atoms with van der Waals surface area (Å²) in [7, 11) is 2.89. The Balaban J connectivity index is 2.30. The molecule has 2 rings (SSSR count). The quantitative estimate of drug-likeness (QED) is 0.769. The third-order valence-corrected chi connectivity index (χ3v) is 3.70. The van der Waals surface area contributed by atoms with Crippen molar-refractivity contribution in [2.45, 2.75) is 6.61 Å². The van der Waals surface area contributed by atoms with Crippen molar-refractivity contribution in [2.75, 3.05) is 14.2 Å². The minimum atomic E-state index is -0.436. The van der Waals surface area contributed by atoms with E-state index in [2.05, 4.69) is 15.9 Å². The molecule has 21 heavy (non-hydrogen) atoms. The summed E-state index contributed by atoms with van der Waals surface area (Å²) in [5.41, 5.74) is 1.41. The van der Waals surface area contributed by atoms with Crippen molar-refractivity contribution in [3.63, 3.8) is 0 Å². The Bertz CT molecular complexity index is 626. The van der Waals surface area contributed by atoms with Crippen molar-refractivity contribution in [3.05, 3.63) is 58.1 Å². The van der Waals surface area contributed by atoms with E-state index in [1.807, 2.05) is 30.3 Å². The number of methoxy groups -OCH3 is 2. The number of hydrogen-bond acceptors (Lipinski definition) is 4. The lowest BCUT2D eigenvalue weighted by molar-refractivity contribution is 0.0599. The molecule has 0 bridgehead atoms. The molecule has 0 aliphatic heterocycles. The van der Waals surface area contributed by atoms with Crippen LogP contribution >= 0.6 is 15.9 Å². The maximum absolute atomic E-state index is 11.7. The van der Waals surface area contributed by atoms with E-state index in [1.165, 1.54) is 7.11 Å². The van der Waals surface area contributed by atoms with Crippen LogP contribution in [-0.2, 0) is 11.3 Å². The van der Waals surface area contributed by atoms with Gasteiger partial charge >= 0.3 is 5.97 Å². The minimum absolute atomic E-state index is 0.375. The molecule has 0 amide bonds. The van der Waals surface area contributed by atoms with Gasteiger partial charge < -0.3 is 14.2 Å². The topological polar surface area (TPSA) is 44.8 Å². The van der Waals surface area contributed by atoms with Crippen molar-refractivity contribution >= 4 is 21.9 Å². The van der Waals surface area contributed by atoms with E-state index in [9.17, 15) is 4.79 Å².